The average molecular weight is 834 g/mol. The molecule has 0 unspecified atom stereocenters. The maximum absolute atomic E-state index is 6.46. The zero-order chi connectivity index (χ0) is 42.9. The van der Waals surface area contributed by atoms with Gasteiger partial charge in [0.2, 0.25) is 0 Å². The molecule has 0 aliphatic carbocycles. The number of imidazole rings is 1. The van der Waals surface area contributed by atoms with Crippen molar-refractivity contribution >= 4 is 65.6 Å². The first-order valence-electron chi connectivity index (χ1n) is 22.4. The van der Waals surface area contributed by atoms with E-state index in [1.165, 1.54) is 94.1 Å². The first kappa shape index (κ1) is 36.1. The number of hydrogen-bond acceptors (Lipinski definition) is 1. The molecule has 9 aromatic carbocycles. The lowest BCUT2D eigenvalue weighted by molar-refractivity contribution is -0.671. The van der Waals surface area contributed by atoms with E-state index in [1.54, 1.807) is 0 Å². The van der Waals surface area contributed by atoms with E-state index in [1.807, 2.05) is 0 Å². The van der Waals surface area contributed by atoms with Gasteiger partial charge in [-0.15, -0.1) is 0 Å². The Bertz CT molecular complexity index is 4060. The van der Waals surface area contributed by atoms with E-state index in [-0.39, 0.29) is 0 Å². The van der Waals surface area contributed by atoms with Crippen molar-refractivity contribution in [1.82, 2.24) is 13.7 Å². The molecule has 0 fully saturated rings. The lowest BCUT2D eigenvalue weighted by Gasteiger charge is -2.13. The molecule has 0 saturated heterocycles. The highest BCUT2D eigenvalue weighted by molar-refractivity contribution is 6.13. The highest BCUT2D eigenvalue weighted by Gasteiger charge is 2.31. The molecule has 14 rings (SSSR count). The summed E-state index contributed by atoms with van der Waals surface area (Å²) in [5.41, 5.74) is 20.0. The van der Waals surface area contributed by atoms with Gasteiger partial charge in [0.15, 0.2) is 0 Å². The summed E-state index contributed by atoms with van der Waals surface area (Å²) in [5.74, 6) is 1.25. The van der Waals surface area contributed by atoms with Gasteiger partial charge in [-0.25, -0.2) is 4.57 Å². The van der Waals surface area contributed by atoms with Crippen LogP contribution in [0.2, 0.25) is 0 Å². The Balaban J connectivity index is 0.853. The van der Waals surface area contributed by atoms with Crippen LogP contribution in [0.15, 0.2) is 205 Å². The van der Waals surface area contributed by atoms with Crippen molar-refractivity contribution in [2.45, 2.75) is 20.4 Å². The van der Waals surface area contributed by atoms with Crippen LogP contribution in [0, 0.1) is 13.8 Å². The zero-order valence-electron chi connectivity index (χ0n) is 36.0. The second-order valence-corrected chi connectivity index (χ2v) is 17.7. The summed E-state index contributed by atoms with van der Waals surface area (Å²) in [7, 11) is 0. The van der Waals surface area contributed by atoms with Crippen molar-refractivity contribution in [3.63, 3.8) is 0 Å². The van der Waals surface area contributed by atoms with Crippen LogP contribution in [0.25, 0.3) is 116 Å². The molecule has 1 aliphatic heterocycles. The summed E-state index contributed by atoms with van der Waals surface area (Å²) in [4.78, 5) is 0. The minimum atomic E-state index is 0.887. The van der Waals surface area contributed by atoms with Crippen LogP contribution in [-0.4, -0.2) is 13.7 Å². The molecule has 1 aliphatic rings. The Hall–Kier alpha value is -8.41. The molecule has 65 heavy (non-hydrogen) atoms. The number of para-hydroxylation sites is 3. The van der Waals surface area contributed by atoms with Gasteiger partial charge in [0.25, 0.3) is 5.82 Å². The zero-order valence-corrected chi connectivity index (χ0v) is 36.0. The summed E-state index contributed by atoms with van der Waals surface area (Å²) in [6, 6.07) is 68.8. The molecular formula is C60H41N4O+. The number of nitrogens with zero attached hydrogens (tertiary/aromatic N) is 4. The fourth-order valence-electron chi connectivity index (χ4n) is 11.1. The molecule has 4 aromatic heterocycles. The normalized spacial score (nSPS) is 12.4. The fourth-order valence-corrected chi connectivity index (χ4v) is 11.1. The van der Waals surface area contributed by atoms with Crippen LogP contribution >= 0.6 is 0 Å². The minimum absolute atomic E-state index is 0.887. The van der Waals surface area contributed by atoms with Crippen LogP contribution in [0.4, 0.5) is 0 Å². The molecule has 0 bridgehead atoms. The molecule has 0 amide bonds. The molecule has 0 N–H and O–H groups in total. The van der Waals surface area contributed by atoms with E-state index in [0.717, 1.165) is 45.4 Å². The van der Waals surface area contributed by atoms with Crippen molar-refractivity contribution in [2.24, 2.45) is 0 Å². The molecule has 5 nitrogen and oxygen atoms in total. The summed E-state index contributed by atoms with van der Waals surface area (Å²) in [6.45, 7) is 5.40. The minimum Gasteiger partial charge on any atom is -0.456 e. The van der Waals surface area contributed by atoms with E-state index in [0.29, 0.717) is 0 Å². The lowest BCUT2D eigenvalue weighted by Crippen LogP contribution is -2.30. The monoisotopic (exact) mass is 833 g/mol. The first-order chi connectivity index (χ1) is 32.0. The van der Waals surface area contributed by atoms with Crippen molar-refractivity contribution < 1.29 is 8.98 Å². The Kier molecular flexibility index (Phi) is 7.53. The third-order valence-corrected chi connectivity index (χ3v) is 14.0. The highest BCUT2D eigenvalue weighted by atomic mass is 16.3. The van der Waals surface area contributed by atoms with Crippen molar-refractivity contribution in [1.29, 1.82) is 0 Å². The summed E-state index contributed by atoms with van der Waals surface area (Å²) in [6.07, 6.45) is 4.43. The van der Waals surface area contributed by atoms with Gasteiger partial charge in [-0.2, -0.15) is 4.57 Å². The topological polar surface area (TPSA) is 31.8 Å². The quantitative estimate of drug-likeness (QED) is 0.159. The van der Waals surface area contributed by atoms with Crippen molar-refractivity contribution in [2.75, 3.05) is 0 Å². The van der Waals surface area contributed by atoms with Gasteiger partial charge in [-0.05, 0) is 138 Å². The molecule has 0 saturated carbocycles. The van der Waals surface area contributed by atoms with Crippen LogP contribution in [-0.2, 0) is 6.54 Å². The summed E-state index contributed by atoms with van der Waals surface area (Å²) in [5, 5.41) is 7.18. The Morgan fingerprint density at radius 1 is 0.431 bits per heavy atom. The number of benzene rings is 9. The van der Waals surface area contributed by atoms with Crippen molar-refractivity contribution in [3.8, 4) is 50.7 Å². The molecule has 0 spiro atoms. The number of aryl methyl sites for hydroxylation is 2. The smallest absolute Gasteiger partial charge is 0.294 e. The molecule has 0 radical (unpaired) electrons. The number of aromatic nitrogens is 4. The summed E-state index contributed by atoms with van der Waals surface area (Å²) < 4.78 is 16.0. The van der Waals surface area contributed by atoms with Crippen LogP contribution < -0.4 is 4.57 Å². The SMILES string of the molecule is Cc1cc(-c2cccc(-n3c4ccccc4c4cc(-c5ccc6oc7ccc(-n8c9ccccc9c9ccccc98)cc7c6c5)ccc43)c2)cc(C)c1-n1cc[n+]2c1-c1ccccc1C2. The highest BCUT2D eigenvalue weighted by Crippen LogP contribution is 2.40. The molecule has 13 aromatic rings. The lowest BCUT2D eigenvalue weighted by atomic mass is 9.98. The van der Waals surface area contributed by atoms with Gasteiger partial charge in [-0.3, -0.25) is 0 Å². The fraction of sp³-hybridized carbons (Fsp3) is 0.0500. The van der Waals surface area contributed by atoms with E-state index < -0.39 is 0 Å². The van der Waals surface area contributed by atoms with Gasteiger partial charge in [0.05, 0.1) is 27.6 Å². The van der Waals surface area contributed by atoms with E-state index >= 15 is 0 Å². The number of hydrogen-bond donors (Lipinski definition) is 0. The van der Waals surface area contributed by atoms with Crippen LogP contribution in [0.1, 0.15) is 16.7 Å². The molecule has 5 heteroatoms. The molecule has 0 atom stereocenters. The molecular weight excluding hydrogens is 793 g/mol. The maximum Gasteiger partial charge on any atom is 0.294 e. The van der Waals surface area contributed by atoms with E-state index in [9.17, 15) is 0 Å². The predicted octanol–water partition coefficient (Wildman–Crippen LogP) is 14.8. The van der Waals surface area contributed by atoms with Crippen LogP contribution in [0.3, 0.4) is 0 Å². The number of furan rings is 1. The predicted molar refractivity (Wildman–Crippen MR) is 267 cm³/mol. The Morgan fingerprint density at radius 3 is 1.71 bits per heavy atom. The standard InChI is InChI=1S/C60H41N4O/c1-37-30-43(31-38(2)59(37)62-29-28-61-36-42-12-3-4-15-46(42)60(61)62)39-13-11-14-44(32-39)63-55-21-10-7-18-49(55)50-33-40(22-25-56(50)63)41-23-26-57-51(34-41)52-35-45(24-27-58(52)65-57)64-53-19-8-5-16-47(53)48-17-6-9-20-54(48)64/h3-35H,36H2,1-2H3/q+1. The summed E-state index contributed by atoms with van der Waals surface area (Å²) >= 11 is 0. The van der Waals surface area contributed by atoms with Gasteiger partial charge in [0.1, 0.15) is 35.8 Å². The van der Waals surface area contributed by atoms with Crippen molar-refractivity contribution in [3.05, 3.63) is 217 Å². The van der Waals surface area contributed by atoms with Gasteiger partial charge in [0, 0.05) is 49.3 Å². The van der Waals surface area contributed by atoms with Gasteiger partial charge >= 0.3 is 0 Å². The number of rotatable bonds is 5. The maximum atomic E-state index is 6.46. The van der Waals surface area contributed by atoms with E-state index in [4.69, 9.17) is 4.42 Å². The van der Waals surface area contributed by atoms with Gasteiger partial charge in [-0.1, -0.05) is 97.1 Å². The Morgan fingerprint density at radius 2 is 0.985 bits per heavy atom. The Labute approximate surface area is 374 Å². The third kappa shape index (κ3) is 5.30. The van der Waals surface area contributed by atoms with Crippen LogP contribution in [0.5, 0.6) is 0 Å². The van der Waals surface area contributed by atoms with E-state index in [2.05, 4.69) is 233 Å². The first-order valence-corrected chi connectivity index (χ1v) is 22.4. The molecule has 306 valence electrons. The second-order valence-electron chi connectivity index (χ2n) is 17.7. The second kappa shape index (κ2) is 13.5. The number of fused-ring (bicyclic) bond motifs is 12. The average Bonchev–Trinajstić information content (AvgIpc) is 4.16. The third-order valence-electron chi connectivity index (χ3n) is 14.0. The largest absolute Gasteiger partial charge is 0.456 e. The van der Waals surface area contributed by atoms with Gasteiger partial charge < -0.3 is 13.6 Å². The molecule has 5 heterocycles.